The highest BCUT2D eigenvalue weighted by molar-refractivity contribution is 6.13. The van der Waals surface area contributed by atoms with Crippen molar-refractivity contribution >= 4 is 88.5 Å². The molecule has 0 aliphatic heterocycles. The fourth-order valence-corrected chi connectivity index (χ4v) is 13.8. The molecule has 0 aliphatic rings. The van der Waals surface area contributed by atoms with Crippen molar-refractivity contribution in [2.24, 2.45) is 0 Å². The molecule has 17 aromatic rings. The Kier molecular flexibility index (Phi) is 12.1. The van der Waals surface area contributed by atoms with E-state index in [1.807, 2.05) is 6.08 Å². The molecule has 0 N–H and O–H groups in total. The maximum absolute atomic E-state index is 5.74. The van der Waals surface area contributed by atoms with E-state index in [0.717, 1.165) is 132 Å². The normalized spacial score (nSPS) is 12.3. The van der Waals surface area contributed by atoms with Crippen molar-refractivity contribution in [1.82, 2.24) is 33.2 Å². The van der Waals surface area contributed by atoms with Crippen LogP contribution in [-0.4, -0.2) is 33.2 Å². The van der Waals surface area contributed by atoms with E-state index >= 15 is 0 Å². The van der Waals surface area contributed by atoms with Crippen LogP contribution in [-0.2, 0) is 0 Å². The van der Waals surface area contributed by atoms with Crippen molar-refractivity contribution in [1.29, 1.82) is 0 Å². The van der Waals surface area contributed by atoms with Crippen molar-refractivity contribution in [2.45, 2.75) is 6.92 Å². The second kappa shape index (κ2) is 20.9. The minimum atomic E-state index is 0.502. The molecule has 0 saturated heterocycles. The van der Waals surface area contributed by atoms with Crippen LogP contribution in [0.3, 0.4) is 0 Å². The topological polar surface area (TPSA) is 58.4 Å². The van der Waals surface area contributed by atoms with Crippen LogP contribution < -0.4 is 10.6 Å². The quantitative estimate of drug-likeness (QED) is 0.137. The fourth-order valence-electron chi connectivity index (χ4n) is 13.8. The summed E-state index contributed by atoms with van der Waals surface area (Å²) < 4.78 is 9.20. The number of aromatic nitrogens is 7. The van der Waals surface area contributed by atoms with Crippen LogP contribution in [0.5, 0.6) is 0 Å². The lowest BCUT2D eigenvalue weighted by Crippen LogP contribution is -2.27. The predicted octanol–water partition coefficient (Wildman–Crippen LogP) is 19.2. The van der Waals surface area contributed by atoms with E-state index in [2.05, 4.69) is 329 Å². The molecule has 0 saturated carbocycles. The van der Waals surface area contributed by atoms with Gasteiger partial charge >= 0.3 is 0 Å². The fraction of sp³-hybridized carbons (Fsp3) is 0.0122. The largest absolute Gasteiger partial charge is 0.309 e. The lowest BCUT2D eigenvalue weighted by Gasteiger charge is -2.16. The van der Waals surface area contributed by atoms with Gasteiger partial charge in [0.2, 0.25) is 11.9 Å². The summed E-state index contributed by atoms with van der Waals surface area (Å²) >= 11 is 0. The first-order valence-corrected chi connectivity index (χ1v) is 30.2. The number of fused-ring (bicyclic) bond motifs is 10. The number of rotatable bonds is 10. The number of allylic oxidation sites excluding steroid dienone is 1. The smallest absolute Gasteiger partial charge is 0.240 e. The van der Waals surface area contributed by atoms with Crippen molar-refractivity contribution in [3.05, 3.63) is 308 Å². The monoisotopic (exact) mass is 1140 g/mol. The SMILES string of the molecule is C=C/C=c1\c(=C/C)c2cc(-c3ccc4c5ccccc5n(-c5nc(-c6cc(-c7ccccc7)ccc6-c6ccccc6)nc(-n6c7ccccc7c7ccc(-c8ccc9c(c8)c8ccccc8n9-c8ccccc8)cc76)n5)c4c3)ccc2n1-c1ccccc1. The average molecular weight is 1140 g/mol. The highest BCUT2D eigenvalue weighted by Gasteiger charge is 2.24. The molecule has 12 aromatic carbocycles. The van der Waals surface area contributed by atoms with Gasteiger partial charge in [0.15, 0.2) is 5.82 Å². The van der Waals surface area contributed by atoms with Crippen molar-refractivity contribution in [3.8, 4) is 79.2 Å². The second-order valence-electron chi connectivity index (χ2n) is 22.7. The van der Waals surface area contributed by atoms with Crippen molar-refractivity contribution in [2.75, 3.05) is 0 Å². The number of nitrogens with zero attached hydrogens (tertiary/aromatic N) is 7. The van der Waals surface area contributed by atoms with Crippen LogP contribution in [0.25, 0.3) is 168 Å². The minimum Gasteiger partial charge on any atom is -0.309 e. The molecule has 5 aromatic heterocycles. The molecule has 5 heterocycles. The van der Waals surface area contributed by atoms with E-state index in [1.54, 1.807) is 0 Å². The van der Waals surface area contributed by atoms with Crippen LogP contribution in [0.2, 0.25) is 0 Å². The van der Waals surface area contributed by atoms with Gasteiger partial charge in [-0.25, -0.2) is 0 Å². The lowest BCUT2D eigenvalue weighted by atomic mass is 9.94. The van der Waals surface area contributed by atoms with E-state index in [0.29, 0.717) is 17.7 Å². The third-order valence-electron chi connectivity index (χ3n) is 17.8. The molecule has 7 heteroatoms. The maximum Gasteiger partial charge on any atom is 0.240 e. The Bertz CT molecular complexity index is 5810. The van der Waals surface area contributed by atoms with Gasteiger partial charge in [-0.1, -0.05) is 219 Å². The van der Waals surface area contributed by atoms with Crippen LogP contribution >= 0.6 is 0 Å². The Labute approximate surface area is 513 Å². The maximum atomic E-state index is 5.74. The molecule has 7 nitrogen and oxygen atoms in total. The van der Waals surface area contributed by atoms with Crippen LogP contribution in [0.15, 0.2) is 298 Å². The van der Waals surface area contributed by atoms with Gasteiger partial charge < -0.3 is 9.13 Å². The van der Waals surface area contributed by atoms with Gasteiger partial charge in [-0.15, -0.1) is 0 Å². The van der Waals surface area contributed by atoms with Crippen LogP contribution in [0, 0.1) is 0 Å². The molecule has 0 fully saturated rings. The van der Waals surface area contributed by atoms with Gasteiger partial charge in [0.1, 0.15) is 0 Å². The zero-order valence-corrected chi connectivity index (χ0v) is 48.7. The first kappa shape index (κ1) is 51.5. The van der Waals surface area contributed by atoms with Gasteiger partial charge in [0, 0.05) is 59.9 Å². The molecule has 0 aliphatic carbocycles. The van der Waals surface area contributed by atoms with Gasteiger partial charge in [0.25, 0.3) is 0 Å². The van der Waals surface area contributed by atoms with E-state index in [9.17, 15) is 0 Å². The number of para-hydroxylation sites is 5. The van der Waals surface area contributed by atoms with Crippen molar-refractivity contribution < 1.29 is 0 Å². The standard InChI is InChI=1S/C82H55N7/c1-3-23-72-62(4-2)69-48-56(41-46-76(69)86(72)60-28-13-7-14-29-60)58-39-44-67-64-32-17-21-36-74(64)88(78(67)51-58)81-83-80(71-50-55(53-24-9-5-10-25-53)38-43-63(71)54-26-11-6-12-27-54)84-82(85-81)89-75-37-22-18-33-65(75)68-45-40-59(52-79(68)89)57-42-47-77-70(49-57)66-34-19-20-35-73(66)87(77)61-30-15-8-16-31-61/h3-52H,1H2,2H3/b62-4-,72-23+. The Balaban J connectivity index is 0.919. The highest BCUT2D eigenvalue weighted by atomic mass is 15.3. The molecule has 0 unspecified atom stereocenters. The molecule has 418 valence electrons. The van der Waals surface area contributed by atoms with Gasteiger partial charge in [-0.2, -0.15) is 15.0 Å². The summed E-state index contributed by atoms with van der Waals surface area (Å²) in [4.78, 5) is 17.2. The Morgan fingerprint density at radius 1 is 0.292 bits per heavy atom. The molecular formula is C82H55N7. The Morgan fingerprint density at radius 3 is 1.25 bits per heavy atom. The lowest BCUT2D eigenvalue weighted by molar-refractivity contribution is 0.893. The first-order valence-electron chi connectivity index (χ1n) is 30.2. The van der Waals surface area contributed by atoms with Gasteiger partial charge in [-0.3, -0.25) is 9.13 Å². The zero-order valence-electron chi connectivity index (χ0n) is 48.7. The van der Waals surface area contributed by atoms with E-state index < -0.39 is 0 Å². The third-order valence-corrected chi connectivity index (χ3v) is 17.8. The predicted molar refractivity (Wildman–Crippen MR) is 371 cm³/mol. The summed E-state index contributed by atoms with van der Waals surface area (Å²) in [6, 6.07) is 102. The Hall–Kier alpha value is -11.9. The molecule has 0 atom stereocenters. The summed E-state index contributed by atoms with van der Waals surface area (Å²) in [5, 5.41) is 10.2. The molecule has 0 amide bonds. The second-order valence-corrected chi connectivity index (χ2v) is 22.7. The van der Waals surface area contributed by atoms with Gasteiger partial charge in [-0.05, 0) is 142 Å². The van der Waals surface area contributed by atoms with Crippen molar-refractivity contribution in [3.63, 3.8) is 0 Å². The minimum absolute atomic E-state index is 0.502. The summed E-state index contributed by atoms with van der Waals surface area (Å²) in [5.41, 5.74) is 19.1. The van der Waals surface area contributed by atoms with Crippen LogP contribution in [0.1, 0.15) is 6.92 Å². The highest BCUT2D eigenvalue weighted by Crippen LogP contribution is 2.42. The van der Waals surface area contributed by atoms with E-state index in [-0.39, 0.29) is 0 Å². The van der Waals surface area contributed by atoms with E-state index in [4.69, 9.17) is 15.0 Å². The molecule has 89 heavy (non-hydrogen) atoms. The number of benzene rings is 12. The average Bonchev–Trinajstić information content (AvgIpc) is 3.19. The Morgan fingerprint density at radius 2 is 0.697 bits per heavy atom. The molecule has 0 spiro atoms. The molecule has 0 bridgehead atoms. The summed E-state index contributed by atoms with van der Waals surface area (Å²) in [6.45, 7) is 6.24. The summed E-state index contributed by atoms with van der Waals surface area (Å²) in [7, 11) is 0. The summed E-state index contributed by atoms with van der Waals surface area (Å²) in [6.07, 6.45) is 6.19. The number of hydrogen-bond acceptors (Lipinski definition) is 3. The van der Waals surface area contributed by atoms with E-state index in [1.165, 1.54) is 16.3 Å². The number of hydrogen-bond donors (Lipinski definition) is 0. The van der Waals surface area contributed by atoms with Crippen LogP contribution in [0.4, 0.5) is 0 Å². The third kappa shape index (κ3) is 8.39. The molecule has 17 rings (SSSR count). The summed E-state index contributed by atoms with van der Waals surface area (Å²) in [5.74, 6) is 1.56. The zero-order chi connectivity index (χ0) is 59.1. The molecule has 0 radical (unpaired) electrons. The molecular weight excluding hydrogens is 1080 g/mol. The van der Waals surface area contributed by atoms with Gasteiger partial charge in [0.05, 0.1) is 44.0 Å². The first-order chi connectivity index (χ1) is 44.1.